The fraction of sp³-hybridized carbons (Fsp3) is 0.217. The van der Waals surface area contributed by atoms with Crippen molar-refractivity contribution in [2.75, 3.05) is 11.9 Å². The Morgan fingerprint density at radius 3 is 2.55 bits per heavy atom. The van der Waals surface area contributed by atoms with Crippen LogP contribution in [0, 0.1) is 0 Å². The van der Waals surface area contributed by atoms with Gasteiger partial charge in [-0.05, 0) is 29.2 Å². The number of fused-ring (bicyclic) bond motifs is 3. The number of anilines is 2. The van der Waals surface area contributed by atoms with Crippen molar-refractivity contribution in [2.45, 2.75) is 26.2 Å². The van der Waals surface area contributed by atoms with Gasteiger partial charge in [0.2, 0.25) is 0 Å². The second-order valence-corrected chi connectivity index (χ2v) is 9.77. The van der Waals surface area contributed by atoms with Crippen LogP contribution in [0.5, 0.6) is 0 Å². The van der Waals surface area contributed by atoms with Gasteiger partial charge < -0.3 is 4.90 Å². The minimum Gasteiger partial charge on any atom is -0.305 e. The monoisotopic (exact) mass is 448 g/mol. The van der Waals surface area contributed by atoms with Gasteiger partial charge in [-0.25, -0.2) is 4.98 Å². The third kappa shape index (κ3) is 3.54. The SMILES string of the molecule is CN(c1nc(-c2ccc(C(C)(C)C)cc2)cs1)c1nc2nncn2c2cc(Cl)ccc12. The molecule has 3 heterocycles. The van der Waals surface area contributed by atoms with E-state index in [0.29, 0.717) is 10.8 Å². The van der Waals surface area contributed by atoms with Gasteiger partial charge in [-0.15, -0.1) is 21.5 Å². The Bertz CT molecular complexity index is 1400. The molecule has 8 heteroatoms. The van der Waals surface area contributed by atoms with Gasteiger partial charge in [0.15, 0.2) is 5.13 Å². The van der Waals surface area contributed by atoms with E-state index in [2.05, 4.69) is 60.6 Å². The van der Waals surface area contributed by atoms with Crippen molar-refractivity contribution in [1.29, 1.82) is 0 Å². The highest BCUT2D eigenvalue weighted by Crippen LogP contribution is 2.35. The Hall–Kier alpha value is -3.03. The van der Waals surface area contributed by atoms with Gasteiger partial charge in [0, 0.05) is 28.4 Å². The summed E-state index contributed by atoms with van der Waals surface area (Å²) in [5.74, 6) is 1.28. The minimum absolute atomic E-state index is 0.127. The van der Waals surface area contributed by atoms with E-state index < -0.39 is 0 Å². The maximum absolute atomic E-state index is 6.25. The molecule has 5 aromatic rings. The highest BCUT2D eigenvalue weighted by Gasteiger charge is 2.18. The molecule has 0 spiro atoms. The molecule has 31 heavy (non-hydrogen) atoms. The fourth-order valence-electron chi connectivity index (χ4n) is 3.56. The molecule has 0 bridgehead atoms. The van der Waals surface area contributed by atoms with E-state index in [1.54, 1.807) is 17.7 Å². The van der Waals surface area contributed by atoms with Crippen LogP contribution in [0.1, 0.15) is 26.3 Å². The Kier molecular flexibility index (Phi) is 4.68. The maximum atomic E-state index is 6.25. The number of hydrogen-bond acceptors (Lipinski definition) is 6. The maximum Gasteiger partial charge on any atom is 0.257 e. The van der Waals surface area contributed by atoms with Crippen molar-refractivity contribution in [2.24, 2.45) is 0 Å². The molecule has 0 aliphatic carbocycles. The lowest BCUT2D eigenvalue weighted by Crippen LogP contribution is -2.13. The van der Waals surface area contributed by atoms with Crippen LogP contribution in [0.25, 0.3) is 27.9 Å². The first-order valence-electron chi connectivity index (χ1n) is 9.90. The molecule has 0 saturated carbocycles. The van der Waals surface area contributed by atoms with E-state index in [0.717, 1.165) is 33.1 Å². The molecule has 0 unspecified atom stereocenters. The molecule has 0 radical (unpaired) electrons. The van der Waals surface area contributed by atoms with Crippen molar-refractivity contribution in [1.82, 2.24) is 24.6 Å². The summed E-state index contributed by atoms with van der Waals surface area (Å²) in [6.07, 6.45) is 1.65. The Balaban J connectivity index is 1.55. The second kappa shape index (κ2) is 7.28. The predicted molar refractivity (Wildman–Crippen MR) is 128 cm³/mol. The molecule has 156 valence electrons. The second-order valence-electron chi connectivity index (χ2n) is 8.50. The lowest BCUT2D eigenvalue weighted by molar-refractivity contribution is 0.590. The number of aromatic nitrogens is 5. The van der Waals surface area contributed by atoms with Crippen LogP contribution in [-0.2, 0) is 5.41 Å². The van der Waals surface area contributed by atoms with Crippen molar-refractivity contribution in [3.8, 4) is 11.3 Å². The molecule has 2 aromatic carbocycles. The molecule has 3 aromatic heterocycles. The average molecular weight is 449 g/mol. The van der Waals surface area contributed by atoms with Crippen molar-refractivity contribution in [3.05, 3.63) is 64.8 Å². The van der Waals surface area contributed by atoms with Gasteiger partial charge in [0.05, 0.1) is 11.2 Å². The summed E-state index contributed by atoms with van der Waals surface area (Å²) in [6, 6.07) is 14.4. The van der Waals surface area contributed by atoms with Crippen LogP contribution >= 0.6 is 22.9 Å². The zero-order valence-electron chi connectivity index (χ0n) is 17.7. The van der Waals surface area contributed by atoms with E-state index in [1.165, 1.54) is 5.56 Å². The van der Waals surface area contributed by atoms with Crippen LogP contribution in [0.3, 0.4) is 0 Å². The lowest BCUT2D eigenvalue weighted by Gasteiger charge is -2.19. The standard InChI is InChI=1S/C23H21ClN6S/c1-23(2,3)15-7-5-14(6-8-15)18-12-31-22(26-18)29(4)20-17-10-9-16(24)11-19(17)30-13-25-28-21(30)27-20/h5-13H,1-4H3. The molecule has 5 rings (SSSR count). The van der Waals surface area contributed by atoms with Crippen LogP contribution in [0.4, 0.5) is 10.9 Å². The lowest BCUT2D eigenvalue weighted by atomic mass is 9.86. The Morgan fingerprint density at radius 2 is 1.81 bits per heavy atom. The third-order valence-corrected chi connectivity index (χ3v) is 6.49. The summed E-state index contributed by atoms with van der Waals surface area (Å²) in [7, 11) is 1.97. The zero-order valence-corrected chi connectivity index (χ0v) is 19.2. The summed E-state index contributed by atoms with van der Waals surface area (Å²) in [5.41, 5.74) is 4.38. The van der Waals surface area contributed by atoms with E-state index in [-0.39, 0.29) is 5.41 Å². The van der Waals surface area contributed by atoms with Gasteiger partial charge >= 0.3 is 0 Å². The van der Waals surface area contributed by atoms with Gasteiger partial charge in [-0.2, -0.15) is 4.98 Å². The smallest absolute Gasteiger partial charge is 0.257 e. The number of thiazole rings is 1. The summed E-state index contributed by atoms with van der Waals surface area (Å²) >= 11 is 7.83. The number of benzene rings is 2. The molecule has 0 N–H and O–H groups in total. The van der Waals surface area contributed by atoms with Crippen LogP contribution in [-0.4, -0.2) is 31.6 Å². The first kappa shape index (κ1) is 19.9. The summed E-state index contributed by atoms with van der Waals surface area (Å²) < 4.78 is 1.84. The average Bonchev–Trinajstić information content (AvgIpc) is 3.42. The van der Waals surface area contributed by atoms with E-state index >= 15 is 0 Å². The minimum atomic E-state index is 0.127. The summed E-state index contributed by atoms with van der Waals surface area (Å²) in [4.78, 5) is 11.6. The van der Waals surface area contributed by atoms with E-state index in [1.807, 2.05) is 34.5 Å². The largest absolute Gasteiger partial charge is 0.305 e. The molecule has 0 fully saturated rings. The first-order valence-corrected chi connectivity index (χ1v) is 11.2. The summed E-state index contributed by atoms with van der Waals surface area (Å²) in [5, 5.41) is 12.7. The van der Waals surface area contributed by atoms with Gasteiger partial charge in [-0.1, -0.05) is 56.6 Å². The van der Waals surface area contributed by atoms with Crippen LogP contribution < -0.4 is 4.90 Å². The highest BCUT2D eigenvalue weighted by atomic mass is 35.5. The van der Waals surface area contributed by atoms with Gasteiger partial charge in [-0.3, -0.25) is 4.40 Å². The Labute approximate surface area is 189 Å². The molecular formula is C23H21ClN6S. The Morgan fingerprint density at radius 1 is 1.03 bits per heavy atom. The molecular weight excluding hydrogens is 428 g/mol. The molecule has 0 aliphatic heterocycles. The topological polar surface area (TPSA) is 59.2 Å². The van der Waals surface area contributed by atoms with Crippen LogP contribution in [0.15, 0.2) is 54.2 Å². The van der Waals surface area contributed by atoms with Crippen molar-refractivity contribution >= 4 is 50.6 Å². The number of nitrogens with zero attached hydrogens (tertiary/aromatic N) is 6. The molecule has 0 saturated heterocycles. The normalized spacial score (nSPS) is 12.0. The molecule has 6 nitrogen and oxygen atoms in total. The van der Waals surface area contributed by atoms with Crippen molar-refractivity contribution in [3.63, 3.8) is 0 Å². The van der Waals surface area contributed by atoms with Gasteiger partial charge in [0.1, 0.15) is 12.1 Å². The number of rotatable bonds is 3. The number of hydrogen-bond donors (Lipinski definition) is 0. The first-order chi connectivity index (χ1) is 14.8. The zero-order chi connectivity index (χ0) is 21.8. The quantitative estimate of drug-likeness (QED) is 0.332. The molecule has 0 aliphatic rings. The molecule has 0 atom stereocenters. The number of halogens is 1. The third-order valence-electron chi connectivity index (χ3n) is 5.34. The highest BCUT2D eigenvalue weighted by molar-refractivity contribution is 7.14. The van der Waals surface area contributed by atoms with Gasteiger partial charge in [0.25, 0.3) is 5.78 Å². The molecule has 0 amide bonds. The fourth-order valence-corrected chi connectivity index (χ4v) is 4.53. The van der Waals surface area contributed by atoms with E-state index in [4.69, 9.17) is 21.6 Å². The van der Waals surface area contributed by atoms with Crippen LogP contribution in [0.2, 0.25) is 5.02 Å². The summed E-state index contributed by atoms with van der Waals surface area (Å²) in [6.45, 7) is 6.65. The van der Waals surface area contributed by atoms with Crippen molar-refractivity contribution < 1.29 is 0 Å². The predicted octanol–water partition coefficient (Wildman–Crippen LogP) is 6.12. The van der Waals surface area contributed by atoms with E-state index in [9.17, 15) is 0 Å².